The molecule has 1 unspecified atom stereocenters. The van der Waals surface area contributed by atoms with Gasteiger partial charge in [0.2, 0.25) is 6.41 Å². The van der Waals surface area contributed by atoms with Gasteiger partial charge < -0.3 is 9.84 Å². The predicted octanol–water partition coefficient (Wildman–Crippen LogP) is 1.24. The van der Waals surface area contributed by atoms with Gasteiger partial charge in [0.25, 0.3) is 0 Å². The fourth-order valence-electron chi connectivity index (χ4n) is 1.06. The summed E-state index contributed by atoms with van der Waals surface area (Å²) in [5.41, 5.74) is -0.619. The number of nitrogens with zero attached hydrogens (tertiary/aromatic N) is 1. The van der Waals surface area contributed by atoms with E-state index in [0.717, 1.165) is 0 Å². The van der Waals surface area contributed by atoms with Crippen LogP contribution in [0.3, 0.4) is 0 Å². The lowest BCUT2D eigenvalue weighted by Gasteiger charge is -2.23. The van der Waals surface area contributed by atoms with Crippen LogP contribution in [-0.2, 0) is 14.3 Å². The number of carbonyl (C=O) groups is 3. The number of hydrogen-bond donors (Lipinski definition) is 1. The van der Waals surface area contributed by atoms with Crippen LogP contribution in [0, 0.1) is 0 Å². The SMILES string of the molecule is CC(CC(=O)OC(C)(C)C)N(C=O)C(=O)O. The van der Waals surface area contributed by atoms with E-state index in [-0.39, 0.29) is 12.8 Å². The lowest BCUT2D eigenvalue weighted by Crippen LogP contribution is -2.38. The van der Waals surface area contributed by atoms with Crippen LogP contribution in [0.5, 0.6) is 0 Å². The highest BCUT2D eigenvalue weighted by Crippen LogP contribution is 2.11. The Morgan fingerprint density at radius 3 is 2.25 bits per heavy atom. The van der Waals surface area contributed by atoms with Crippen LogP contribution in [-0.4, -0.2) is 40.1 Å². The van der Waals surface area contributed by atoms with E-state index in [9.17, 15) is 14.4 Å². The van der Waals surface area contributed by atoms with Crippen molar-refractivity contribution in [1.82, 2.24) is 4.90 Å². The molecule has 0 fully saturated rings. The van der Waals surface area contributed by atoms with Gasteiger partial charge >= 0.3 is 12.1 Å². The fourth-order valence-corrected chi connectivity index (χ4v) is 1.06. The summed E-state index contributed by atoms with van der Waals surface area (Å²) in [7, 11) is 0. The number of ether oxygens (including phenoxy) is 1. The van der Waals surface area contributed by atoms with Crippen molar-refractivity contribution in [3.63, 3.8) is 0 Å². The van der Waals surface area contributed by atoms with Crippen molar-refractivity contribution in [2.24, 2.45) is 0 Å². The number of amides is 2. The Morgan fingerprint density at radius 1 is 1.44 bits per heavy atom. The third-order valence-corrected chi connectivity index (χ3v) is 1.69. The fraction of sp³-hybridized carbons (Fsp3) is 0.700. The molecule has 0 aromatic rings. The smallest absolute Gasteiger partial charge is 0.414 e. The van der Waals surface area contributed by atoms with Gasteiger partial charge in [0.15, 0.2) is 0 Å². The maximum absolute atomic E-state index is 11.4. The second-order valence-electron chi connectivity index (χ2n) is 4.43. The molecule has 1 N–H and O–H groups in total. The van der Waals surface area contributed by atoms with Crippen LogP contribution in [0.25, 0.3) is 0 Å². The van der Waals surface area contributed by atoms with Crippen LogP contribution < -0.4 is 0 Å². The zero-order valence-electron chi connectivity index (χ0n) is 9.89. The molecule has 92 valence electrons. The number of carboxylic acid groups (broad SMARTS) is 1. The molecule has 0 bridgehead atoms. The molecule has 0 aromatic heterocycles. The van der Waals surface area contributed by atoms with Crippen molar-refractivity contribution < 1.29 is 24.2 Å². The van der Waals surface area contributed by atoms with Gasteiger partial charge in [0.1, 0.15) is 5.60 Å². The first-order chi connectivity index (χ1) is 7.17. The minimum absolute atomic E-state index is 0.150. The molecule has 16 heavy (non-hydrogen) atoms. The number of rotatable bonds is 4. The Labute approximate surface area is 94.2 Å². The Morgan fingerprint density at radius 2 is 1.94 bits per heavy atom. The summed E-state index contributed by atoms with van der Waals surface area (Å²) in [4.78, 5) is 32.9. The first-order valence-electron chi connectivity index (χ1n) is 4.85. The molecule has 0 saturated heterocycles. The van der Waals surface area contributed by atoms with E-state index < -0.39 is 23.7 Å². The Hall–Kier alpha value is -1.59. The minimum Gasteiger partial charge on any atom is -0.465 e. The predicted molar refractivity (Wildman–Crippen MR) is 55.9 cm³/mol. The topological polar surface area (TPSA) is 83.9 Å². The van der Waals surface area contributed by atoms with Gasteiger partial charge in [-0.05, 0) is 27.7 Å². The normalized spacial score (nSPS) is 12.8. The lowest BCUT2D eigenvalue weighted by atomic mass is 10.2. The number of carbonyl (C=O) groups excluding carboxylic acids is 2. The summed E-state index contributed by atoms with van der Waals surface area (Å²) in [5, 5.41) is 8.63. The molecule has 1 atom stereocenters. The second kappa shape index (κ2) is 5.48. The van der Waals surface area contributed by atoms with Gasteiger partial charge in [-0.3, -0.25) is 9.59 Å². The molecule has 0 rings (SSSR count). The third-order valence-electron chi connectivity index (χ3n) is 1.69. The van der Waals surface area contributed by atoms with Crippen LogP contribution in [0.2, 0.25) is 0 Å². The molecular formula is C10H17NO5. The van der Waals surface area contributed by atoms with Crippen molar-refractivity contribution in [1.29, 1.82) is 0 Å². The standard InChI is InChI=1S/C10H17NO5/c1-7(11(6-12)9(14)15)5-8(13)16-10(2,3)4/h6-7H,5H2,1-4H3,(H,14,15). The summed E-state index contributed by atoms with van der Waals surface area (Å²) >= 11 is 0. The van der Waals surface area contributed by atoms with E-state index in [1.54, 1.807) is 20.8 Å². The Balaban J connectivity index is 4.33. The van der Waals surface area contributed by atoms with Gasteiger partial charge in [-0.15, -0.1) is 0 Å². The molecule has 0 aromatic carbocycles. The molecule has 6 heteroatoms. The van der Waals surface area contributed by atoms with E-state index in [1.807, 2.05) is 0 Å². The largest absolute Gasteiger partial charge is 0.465 e. The number of imide groups is 1. The van der Waals surface area contributed by atoms with Gasteiger partial charge in [0, 0.05) is 0 Å². The van der Waals surface area contributed by atoms with Gasteiger partial charge in [-0.2, -0.15) is 0 Å². The van der Waals surface area contributed by atoms with Crippen LogP contribution >= 0.6 is 0 Å². The molecule has 0 aliphatic heterocycles. The Bertz CT molecular complexity index is 281. The Kier molecular flexibility index (Phi) is 4.94. The number of hydrogen-bond acceptors (Lipinski definition) is 4. The van der Waals surface area contributed by atoms with Gasteiger partial charge in [-0.25, -0.2) is 9.69 Å². The average Bonchev–Trinajstić information content (AvgIpc) is 1.99. The second-order valence-corrected chi connectivity index (χ2v) is 4.43. The highest BCUT2D eigenvalue weighted by atomic mass is 16.6. The number of esters is 1. The summed E-state index contributed by atoms with van der Waals surface area (Å²) in [6, 6.07) is -0.732. The van der Waals surface area contributed by atoms with Crippen LogP contribution in [0.1, 0.15) is 34.1 Å². The maximum Gasteiger partial charge on any atom is 0.414 e. The molecular weight excluding hydrogens is 214 g/mol. The highest BCUT2D eigenvalue weighted by Gasteiger charge is 2.24. The first-order valence-corrected chi connectivity index (χ1v) is 4.85. The van der Waals surface area contributed by atoms with E-state index >= 15 is 0 Å². The summed E-state index contributed by atoms with van der Waals surface area (Å²) in [6.07, 6.45) is -1.36. The summed E-state index contributed by atoms with van der Waals surface area (Å²) < 4.78 is 5.01. The maximum atomic E-state index is 11.4. The monoisotopic (exact) mass is 231 g/mol. The molecule has 2 amide bonds. The van der Waals surface area contributed by atoms with E-state index in [0.29, 0.717) is 4.90 Å². The first kappa shape index (κ1) is 14.4. The molecule has 0 aliphatic carbocycles. The molecule has 6 nitrogen and oxygen atoms in total. The average molecular weight is 231 g/mol. The lowest BCUT2D eigenvalue weighted by molar-refractivity contribution is -0.155. The van der Waals surface area contributed by atoms with Crippen molar-refractivity contribution >= 4 is 18.5 Å². The third kappa shape index (κ3) is 5.33. The van der Waals surface area contributed by atoms with Gasteiger partial charge in [0.05, 0.1) is 12.5 Å². The van der Waals surface area contributed by atoms with Crippen LogP contribution in [0.4, 0.5) is 4.79 Å². The summed E-state index contributed by atoms with van der Waals surface area (Å²) in [5.74, 6) is -0.534. The minimum atomic E-state index is -1.38. The summed E-state index contributed by atoms with van der Waals surface area (Å²) in [6.45, 7) is 6.60. The van der Waals surface area contributed by atoms with Crippen LogP contribution in [0.15, 0.2) is 0 Å². The molecule has 0 saturated carbocycles. The van der Waals surface area contributed by atoms with Crippen molar-refractivity contribution in [2.45, 2.75) is 45.8 Å². The molecule has 0 aliphatic rings. The van der Waals surface area contributed by atoms with E-state index in [2.05, 4.69) is 0 Å². The highest BCUT2D eigenvalue weighted by molar-refractivity contribution is 5.80. The van der Waals surface area contributed by atoms with E-state index in [1.165, 1.54) is 6.92 Å². The quantitative estimate of drug-likeness (QED) is 0.581. The van der Waals surface area contributed by atoms with Crippen molar-refractivity contribution in [2.75, 3.05) is 0 Å². The molecule has 0 radical (unpaired) electrons. The van der Waals surface area contributed by atoms with Crippen molar-refractivity contribution in [3.8, 4) is 0 Å². The van der Waals surface area contributed by atoms with Crippen molar-refractivity contribution in [3.05, 3.63) is 0 Å². The zero-order valence-corrected chi connectivity index (χ0v) is 9.89. The zero-order chi connectivity index (χ0) is 12.9. The molecule has 0 spiro atoms. The van der Waals surface area contributed by atoms with E-state index in [4.69, 9.17) is 9.84 Å². The molecule has 0 heterocycles. The van der Waals surface area contributed by atoms with Gasteiger partial charge in [-0.1, -0.05) is 0 Å².